The van der Waals surface area contributed by atoms with Crippen LogP contribution in [0.3, 0.4) is 0 Å². The van der Waals surface area contributed by atoms with E-state index in [1.165, 1.54) is 0 Å². The van der Waals surface area contributed by atoms with Crippen molar-refractivity contribution >= 4 is 17.6 Å². The molecule has 0 aliphatic carbocycles. The normalized spacial score (nSPS) is 12.4. The molecule has 6 heteroatoms. The third-order valence-corrected chi connectivity index (χ3v) is 3.10. The largest absolute Gasteiger partial charge is 0.481 e. The molecule has 5 nitrogen and oxygen atoms in total. The first kappa shape index (κ1) is 15.4. The van der Waals surface area contributed by atoms with Crippen molar-refractivity contribution in [3.05, 3.63) is 35.0 Å². The monoisotopic (exact) mass is 309 g/mol. The highest BCUT2D eigenvalue weighted by molar-refractivity contribution is 6.30. The van der Waals surface area contributed by atoms with Gasteiger partial charge in [0.15, 0.2) is 0 Å². The maximum absolute atomic E-state index is 11.2. The molecule has 0 radical (unpaired) electrons. The number of hydrogen-bond donors (Lipinski definition) is 1. The highest BCUT2D eigenvalue weighted by Crippen LogP contribution is 2.33. The van der Waals surface area contributed by atoms with Crippen LogP contribution in [-0.4, -0.2) is 22.2 Å². The summed E-state index contributed by atoms with van der Waals surface area (Å²) in [6.07, 6.45) is -0.0484. The maximum Gasteiger partial charge on any atom is 0.394 e. The van der Waals surface area contributed by atoms with E-state index in [9.17, 15) is 9.90 Å². The minimum absolute atomic E-state index is 0.0676. The number of carboxylic acids is 1. The lowest BCUT2D eigenvalue weighted by molar-refractivity contribution is -0.138. The molecule has 1 heterocycles. The molecule has 0 saturated heterocycles. The van der Waals surface area contributed by atoms with Gasteiger partial charge in [-0.2, -0.15) is 4.98 Å². The number of rotatable bonds is 5. The van der Waals surface area contributed by atoms with Crippen LogP contribution >= 0.6 is 11.6 Å². The van der Waals surface area contributed by atoms with Gasteiger partial charge in [0.1, 0.15) is 17.4 Å². The predicted octanol–water partition coefficient (Wildman–Crippen LogP) is 3.97. The molecule has 1 aromatic carbocycles. The van der Waals surface area contributed by atoms with E-state index < -0.39 is 11.9 Å². The third-order valence-electron chi connectivity index (χ3n) is 2.85. The van der Waals surface area contributed by atoms with Crippen molar-refractivity contribution in [2.24, 2.45) is 0 Å². The van der Waals surface area contributed by atoms with Crippen molar-refractivity contribution in [3.63, 3.8) is 0 Å². The lowest BCUT2D eigenvalue weighted by Gasteiger charge is -2.05. The van der Waals surface area contributed by atoms with Gasteiger partial charge in [0, 0.05) is 10.6 Å². The topological polar surface area (TPSA) is 72.6 Å². The van der Waals surface area contributed by atoms with Gasteiger partial charge in [-0.05, 0) is 32.9 Å². The molecule has 0 aliphatic heterocycles. The molecule has 0 aliphatic rings. The van der Waals surface area contributed by atoms with E-state index in [-0.39, 0.29) is 17.9 Å². The average Bonchev–Trinajstić information content (AvgIpc) is 2.81. The van der Waals surface area contributed by atoms with E-state index in [1.54, 1.807) is 31.2 Å². The molecule has 21 heavy (non-hydrogen) atoms. The number of oxazole rings is 1. The third kappa shape index (κ3) is 3.55. The van der Waals surface area contributed by atoms with Gasteiger partial charge < -0.3 is 14.3 Å². The first-order valence-electron chi connectivity index (χ1n) is 6.54. The van der Waals surface area contributed by atoms with E-state index >= 15 is 0 Å². The van der Waals surface area contributed by atoms with E-state index in [4.69, 9.17) is 20.8 Å². The molecule has 0 saturated carbocycles. The van der Waals surface area contributed by atoms with Crippen molar-refractivity contribution in [1.82, 2.24) is 4.98 Å². The Bertz CT molecular complexity index is 634. The smallest absolute Gasteiger partial charge is 0.394 e. The number of benzene rings is 1. The van der Waals surface area contributed by atoms with Crippen LogP contribution in [0.2, 0.25) is 5.02 Å². The van der Waals surface area contributed by atoms with Crippen LogP contribution in [0.25, 0.3) is 11.3 Å². The standard InChI is InChI=1S/C15H16ClNO4/c1-8(2)20-15-17-12(10-4-6-11(16)7-5-10)13(21-15)9(3)14(18)19/h4-9H,1-3H3,(H,18,19). The summed E-state index contributed by atoms with van der Waals surface area (Å²) in [5, 5.41) is 9.78. The fourth-order valence-corrected chi connectivity index (χ4v) is 1.91. The van der Waals surface area contributed by atoms with Gasteiger partial charge in [0.2, 0.25) is 0 Å². The lowest BCUT2D eigenvalue weighted by Crippen LogP contribution is -2.07. The molecule has 0 amide bonds. The molecule has 112 valence electrons. The average molecular weight is 310 g/mol. The summed E-state index contributed by atoms with van der Waals surface area (Å²) in [5.74, 6) is -1.55. The zero-order valence-electron chi connectivity index (χ0n) is 12.0. The predicted molar refractivity (Wildman–Crippen MR) is 78.8 cm³/mol. The first-order chi connectivity index (χ1) is 9.88. The molecule has 1 aromatic heterocycles. The van der Waals surface area contributed by atoms with Gasteiger partial charge >= 0.3 is 12.0 Å². The summed E-state index contributed by atoms with van der Waals surface area (Å²) in [4.78, 5) is 15.5. The van der Waals surface area contributed by atoms with Gasteiger partial charge in [-0.1, -0.05) is 23.7 Å². The fraction of sp³-hybridized carbons (Fsp3) is 0.333. The Morgan fingerprint density at radius 2 is 1.90 bits per heavy atom. The number of nitrogens with zero attached hydrogens (tertiary/aromatic N) is 1. The van der Waals surface area contributed by atoms with Crippen LogP contribution in [0.15, 0.2) is 28.7 Å². The summed E-state index contributed by atoms with van der Waals surface area (Å²) in [5.41, 5.74) is 1.18. The quantitative estimate of drug-likeness (QED) is 0.904. The van der Waals surface area contributed by atoms with Crippen LogP contribution < -0.4 is 4.74 Å². The summed E-state index contributed by atoms with van der Waals surface area (Å²) in [6, 6.07) is 6.95. The molecule has 0 fully saturated rings. The van der Waals surface area contributed by atoms with Crippen LogP contribution in [0.5, 0.6) is 6.08 Å². The molecule has 1 atom stereocenters. The maximum atomic E-state index is 11.2. The summed E-state index contributed by atoms with van der Waals surface area (Å²) >= 11 is 5.86. The second-order valence-corrected chi connectivity index (χ2v) is 5.36. The number of carbonyl (C=O) groups is 1. The Kier molecular flexibility index (Phi) is 4.53. The molecule has 2 aromatic rings. The number of aromatic nitrogens is 1. The van der Waals surface area contributed by atoms with Gasteiger partial charge in [-0.15, -0.1) is 0 Å². The van der Waals surface area contributed by atoms with E-state index in [0.29, 0.717) is 10.7 Å². The van der Waals surface area contributed by atoms with Crippen LogP contribution in [-0.2, 0) is 4.79 Å². The minimum Gasteiger partial charge on any atom is -0.481 e. The SMILES string of the molecule is CC(C)Oc1nc(-c2ccc(Cl)cc2)c(C(C)C(=O)O)o1. The van der Waals surface area contributed by atoms with Crippen molar-refractivity contribution in [1.29, 1.82) is 0 Å². The molecular weight excluding hydrogens is 294 g/mol. The summed E-state index contributed by atoms with van der Waals surface area (Å²) in [6.45, 7) is 5.22. The Morgan fingerprint density at radius 3 is 2.43 bits per heavy atom. The Hall–Kier alpha value is -2.01. The van der Waals surface area contributed by atoms with Gasteiger partial charge in [0.25, 0.3) is 0 Å². The number of halogens is 1. The van der Waals surface area contributed by atoms with Crippen LogP contribution in [0.4, 0.5) is 0 Å². The molecule has 2 rings (SSSR count). The summed E-state index contributed by atoms with van der Waals surface area (Å²) in [7, 11) is 0. The Labute approximate surface area is 127 Å². The second-order valence-electron chi connectivity index (χ2n) is 4.93. The van der Waals surface area contributed by atoms with Crippen LogP contribution in [0.1, 0.15) is 32.4 Å². The number of aliphatic carboxylic acids is 1. The highest BCUT2D eigenvalue weighted by Gasteiger charge is 2.26. The zero-order valence-corrected chi connectivity index (χ0v) is 12.7. The van der Waals surface area contributed by atoms with Crippen molar-refractivity contribution in [3.8, 4) is 17.3 Å². The molecule has 0 bridgehead atoms. The molecule has 1 N–H and O–H groups in total. The number of carboxylic acid groups (broad SMARTS) is 1. The zero-order chi connectivity index (χ0) is 15.6. The van der Waals surface area contributed by atoms with Crippen molar-refractivity contribution in [2.75, 3.05) is 0 Å². The lowest BCUT2D eigenvalue weighted by atomic mass is 10.0. The molecular formula is C15H16ClNO4. The summed E-state index contributed by atoms with van der Waals surface area (Å²) < 4.78 is 10.9. The van der Waals surface area contributed by atoms with Crippen molar-refractivity contribution in [2.45, 2.75) is 32.8 Å². The van der Waals surface area contributed by atoms with Gasteiger partial charge in [-0.3, -0.25) is 4.79 Å². The number of hydrogen-bond acceptors (Lipinski definition) is 4. The minimum atomic E-state index is -0.988. The fourth-order valence-electron chi connectivity index (χ4n) is 1.78. The Balaban J connectivity index is 2.48. The Morgan fingerprint density at radius 1 is 1.29 bits per heavy atom. The van der Waals surface area contributed by atoms with E-state index in [0.717, 1.165) is 5.56 Å². The second kappa shape index (κ2) is 6.18. The number of ether oxygens (including phenoxy) is 1. The van der Waals surface area contributed by atoms with Crippen LogP contribution in [0, 0.1) is 0 Å². The van der Waals surface area contributed by atoms with Gasteiger partial charge in [0.05, 0.1) is 6.10 Å². The molecule has 0 spiro atoms. The first-order valence-corrected chi connectivity index (χ1v) is 6.92. The van der Waals surface area contributed by atoms with E-state index in [1.807, 2.05) is 13.8 Å². The highest BCUT2D eigenvalue weighted by atomic mass is 35.5. The van der Waals surface area contributed by atoms with E-state index in [2.05, 4.69) is 4.98 Å². The molecule has 1 unspecified atom stereocenters. The van der Waals surface area contributed by atoms with Gasteiger partial charge in [-0.25, -0.2) is 0 Å². The van der Waals surface area contributed by atoms with Crippen molar-refractivity contribution < 1.29 is 19.1 Å².